The second-order valence-electron chi connectivity index (χ2n) is 4.11. The highest BCUT2D eigenvalue weighted by Crippen LogP contribution is 2.32. The van der Waals surface area contributed by atoms with Crippen LogP contribution >= 0.6 is 23.4 Å². The number of benzene rings is 1. The number of nitrogens with zero attached hydrogens (tertiary/aromatic N) is 3. The van der Waals surface area contributed by atoms with Crippen LogP contribution < -0.4 is 0 Å². The molecule has 3 aromatic rings. The van der Waals surface area contributed by atoms with Crippen molar-refractivity contribution in [1.82, 2.24) is 20.2 Å². The van der Waals surface area contributed by atoms with Crippen LogP contribution in [0, 0.1) is 6.92 Å². The molecule has 0 radical (unpaired) electrons. The van der Waals surface area contributed by atoms with Gasteiger partial charge in [0.2, 0.25) is 0 Å². The van der Waals surface area contributed by atoms with Gasteiger partial charge in [0.15, 0.2) is 10.8 Å². The average Bonchev–Trinajstić information content (AvgIpc) is 2.83. The monoisotopic (exact) mass is 290 g/mol. The first kappa shape index (κ1) is 12.4. The normalized spacial score (nSPS) is 11.1. The molecule has 0 aliphatic heterocycles. The van der Waals surface area contributed by atoms with Crippen molar-refractivity contribution in [3.63, 3.8) is 0 Å². The minimum absolute atomic E-state index is 0.432. The number of aryl methyl sites for hydroxylation is 1. The van der Waals surface area contributed by atoms with E-state index in [-0.39, 0.29) is 0 Å². The molecule has 1 aromatic carbocycles. The molecule has 0 unspecified atom stereocenters. The fourth-order valence-electron chi connectivity index (χ4n) is 2.00. The molecule has 0 saturated carbocycles. The van der Waals surface area contributed by atoms with Gasteiger partial charge in [0.1, 0.15) is 5.15 Å². The zero-order valence-electron chi connectivity index (χ0n) is 10.4. The number of halogens is 1. The molecule has 0 bridgehead atoms. The number of H-pyrrole nitrogens is 1. The summed E-state index contributed by atoms with van der Waals surface area (Å²) in [7, 11) is 0. The largest absolute Gasteiger partial charge is 0.275 e. The van der Waals surface area contributed by atoms with Crippen molar-refractivity contribution in [2.45, 2.75) is 12.1 Å². The van der Waals surface area contributed by atoms with E-state index < -0.39 is 0 Å². The quantitative estimate of drug-likeness (QED) is 0.444. The predicted octanol–water partition coefficient (Wildman–Crippen LogP) is 3.70. The van der Waals surface area contributed by atoms with Crippen LogP contribution in [0.5, 0.6) is 0 Å². The maximum Gasteiger partial charge on any atom is 0.190 e. The molecule has 96 valence electrons. The summed E-state index contributed by atoms with van der Waals surface area (Å²) in [6, 6.07) is 8.06. The summed E-state index contributed by atoms with van der Waals surface area (Å²) in [5, 5.41) is 9.08. The van der Waals surface area contributed by atoms with Crippen molar-refractivity contribution in [3.8, 4) is 11.3 Å². The average molecular weight is 291 g/mol. The molecule has 4 nitrogen and oxygen atoms in total. The Morgan fingerprint density at radius 3 is 2.74 bits per heavy atom. The van der Waals surface area contributed by atoms with E-state index in [4.69, 9.17) is 11.6 Å². The van der Waals surface area contributed by atoms with E-state index in [1.807, 2.05) is 37.4 Å². The number of hydrogen-bond acceptors (Lipinski definition) is 4. The van der Waals surface area contributed by atoms with Gasteiger partial charge in [0.25, 0.3) is 0 Å². The summed E-state index contributed by atoms with van der Waals surface area (Å²) in [6.45, 7) is 2.05. The van der Waals surface area contributed by atoms with Crippen LogP contribution in [0.25, 0.3) is 22.3 Å². The Morgan fingerprint density at radius 1 is 1.21 bits per heavy atom. The first-order valence-electron chi connectivity index (χ1n) is 5.72. The van der Waals surface area contributed by atoms with E-state index in [0.717, 1.165) is 22.2 Å². The Morgan fingerprint density at radius 2 is 2.00 bits per heavy atom. The Bertz CT molecular complexity index is 753. The van der Waals surface area contributed by atoms with E-state index in [2.05, 4.69) is 20.2 Å². The van der Waals surface area contributed by atoms with E-state index in [0.29, 0.717) is 16.0 Å². The SMILES string of the molecule is CSc1nc(Cl)c2c(-c3ccccc3C)[nH]nc2n1. The van der Waals surface area contributed by atoms with Crippen LogP contribution in [0.2, 0.25) is 5.15 Å². The molecule has 0 aliphatic rings. The third-order valence-corrected chi connectivity index (χ3v) is 3.77. The topological polar surface area (TPSA) is 54.5 Å². The highest BCUT2D eigenvalue weighted by Gasteiger charge is 2.15. The zero-order valence-corrected chi connectivity index (χ0v) is 12.0. The Labute approximate surface area is 119 Å². The highest BCUT2D eigenvalue weighted by molar-refractivity contribution is 7.98. The van der Waals surface area contributed by atoms with Gasteiger partial charge < -0.3 is 0 Å². The minimum Gasteiger partial charge on any atom is -0.275 e. The van der Waals surface area contributed by atoms with Crippen LogP contribution in [0.1, 0.15) is 5.56 Å². The lowest BCUT2D eigenvalue weighted by atomic mass is 10.0. The lowest BCUT2D eigenvalue weighted by molar-refractivity contribution is 0.985. The summed E-state index contributed by atoms with van der Waals surface area (Å²) in [6.07, 6.45) is 1.91. The van der Waals surface area contributed by atoms with Crippen molar-refractivity contribution < 1.29 is 0 Å². The van der Waals surface area contributed by atoms with E-state index in [9.17, 15) is 0 Å². The Hall–Kier alpha value is -1.59. The molecule has 0 spiro atoms. The molecule has 2 aromatic heterocycles. The second kappa shape index (κ2) is 4.83. The first-order valence-corrected chi connectivity index (χ1v) is 7.32. The summed E-state index contributed by atoms with van der Waals surface area (Å²) >= 11 is 7.71. The van der Waals surface area contributed by atoms with Crippen molar-refractivity contribution in [2.24, 2.45) is 0 Å². The molecule has 6 heteroatoms. The van der Waals surface area contributed by atoms with Gasteiger partial charge >= 0.3 is 0 Å². The van der Waals surface area contributed by atoms with Gasteiger partial charge in [-0.25, -0.2) is 9.97 Å². The lowest BCUT2D eigenvalue weighted by Crippen LogP contribution is -1.89. The van der Waals surface area contributed by atoms with Crippen LogP contribution in [0.3, 0.4) is 0 Å². The number of rotatable bonds is 2. The number of aromatic amines is 1. The molecule has 3 rings (SSSR count). The van der Waals surface area contributed by atoms with Crippen LogP contribution in [0.4, 0.5) is 0 Å². The number of hydrogen-bond donors (Lipinski definition) is 1. The van der Waals surface area contributed by atoms with Crippen molar-refractivity contribution >= 4 is 34.4 Å². The molecule has 1 N–H and O–H groups in total. The summed E-state index contributed by atoms with van der Waals surface area (Å²) in [5.74, 6) is 0. The van der Waals surface area contributed by atoms with Gasteiger partial charge in [-0.1, -0.05) is 47.6 Å². The molecule has 0 aliphatic carbocycles. The Kier molecular flexibility index (Phi) is 3.16. The fraction of sp³-hybridized carbons (Fsp3) is 0.154. The van der Waals surface area contributed by atoms with Gasteiger partial charge in [0, 0.05) is 5.56 Å². The van der Waals surface area contributed by atoms with Crippen LogP contribution in [-0.4, -0.2) is 26.4 Å². The molecule has 0 atom stereocenters. The van der Waals surface area contributed by atoms with Crippen molar-refractivity contribution in [1.29, 1.82) is 0 Å². The lowest BCUT2D eigenvalue weighted by Gasteiger charge is -2.04. The maximum absolute atomic E-state index is 6.27. The molecule has 19 heavy (non-hydrogen) atoms. The van der Waals surface area contributed by atoms with E-state index in [1.165, 1.54) is 11.8 Å². The van der Waals surface area contributed by atoms with Gasteiger partial charge in [0.05, 0.1) is 11.1 Å². The minimum atomic E-state index is 0.432. The molecule has 0 saturated heterocycles. The zero-order chi connectivity index (χ0) is 13.4. The second-order valence-corrected chi connectivity index (χ2v) is 5.24. The van der Waals surface area contributed by atoms with E-state index in [1.54, 1.807) is 0 Å². The predicted molar refractivity (Wildman–Crippen MR) is 78.6 cm³/mol. The van der Waals surface area contributed by atoms with E-state index >= 15 is 0 Å². The van der Waals surface area contributed by atoms with Crippen molar-refractivity contribution in [3.05, 3.63) is 35.0 Å². The third-order valence-electron chi connectivity index (χ3n) is 2.95. The third kappa shape index (κ3) is 2.09. The number of aromatic nitrogens is 4. The summed E-state index contributed by atoms with van der Waals surface area (Å²) < 4.78 is 0. The summed E-state index contributed by atoms with van der Waals surface area (Å²) in [4.78, 5) is 8.62. The Balaban J connectivity index is 2.29. The fourth-order valence-corrected chi connectivity index (χ4v) is 2.67. The molecule has 2 heterocycles. The summed E-state index contributed by atoms with van der Waals surface area (Å²) in [5.41, 5.74) is 3.68. The van der Waals surface area contributed by atoms with Gasteiger partial charge in [-0.2, -0.15) is 5.10 Å². The van der Waals surface area contributed by atoms with Crippen LogP contribution in [-0.2, 0) is 0 Å². The molecule has 0 fully saturated rings. The highest BCUT2D eigenvalue weighted by atomic mass is 35.5. The van der Waals surface area contributed by atoms with Crippen LogP contribution in [0.15, 0.2) is 29.4 Å². The van der Waals surface area contributed by atoms with Gasteiger partial charge in [-0.3, -0.25) is 5.10 Å². The standard InChI is InChI=1S/C13H11ClN4S/c1-7-5-3-4-6-8(7)10-9-11(14)15-13(19-2)16-12(9)18-17-10/h3-6H,1-2H3,(H,15,16,17,18). The maximum atomic E-state index is 6.27. The van der Waals surface area contributed by atoms with Crippen molar-refractivity contribution in [2.75, 3.05) is 6.26 Å². The smallest absolute Gasteiger partial charge is 0.190 e. The number of fused-ring (bicyclic) bond motifs is 1. The molecular weight excluding hydrogens is 280 g/mol. The first-order chi connectivity index (χ1) is 9.20. The van der Waals surface area contributed by atoms with Gasteiger partial charge in [-0.15, -0.1) is 0 Å². The molecular formula is C13H11ClN4S. The molecule has 0 amide bonds. The van der Waals surface area contributed by atoms with Gasteiger partial charge in [-0.05, 0) is 18.7 Å². The number of thioether (sulfide) groups is 1. The number of nitrogens with one attached hydrogen (secondary N) is 1.